The van der Waals surface area contributed by atoms with Gasteiger partial charge in [-0.05, 0) is 66.6 Å². The number of nitrogens with one attached hydrogen (secondary N) is 3. The molecule has 0 radical (unpaired) electrons. The van der Waals surface area contributed by atoms with E-state index in [1.54, 1.807) is 44.6 Å². The van der Waals surface area contributed by atoms with E-state index in [1.807, 2.05) is 60.7 Å². The molecule has 0 spiro atoms. The van der Waals surface area contributed by atoms with Gasteiger partial charge < -0.3 is 35.2 Å². The maximum Gasteiger partial charge on any atom is 0.323 e. The van der Waals surface area contributed by atoms with Gasteiger partial charge in [0.15, 0.2) is 0 Å². The SMILES string of the molecule is COc1ccc(NC(=O)Nc2ccc(N3CCN(c4ccccc4OC)CC3)c(C(=O)NCCc3ccccc3)c2)cc1. The van der Waals surface area contributed by atoms with E-state index in [9.17, 15) is 9.59 Å². The Labute approximate surface area is 252 Å². The first-order chi connectivity index (χ1) is 21.0. The highest BCUT2D eigenvalue weighted by molar-refractivity contribution is 6.04. The molecule has 1 heterocycles. The average Bonchev–Trinajstić information content (AvgIpc) is 3.05. The van der Waals surface area contributed by atoms with E-state index in [4.69, 9.17) is 9.47 Å². The molecular formula is C34H37N5O4. The number of anilines is 4. The quantitative estimate of drug-likeness (QED) is 0.225. The summed E-state index contributed by atoms with van der Waals surface area (Å²) < 4.78 is 10.7. The van der Waals surface area contributed by atoms with Crippen molar-refractivity contribution in [3.8, 4) is 11.5 Å². The van der Waals surface area contributed by atoms with Crippen molar-refractivity contribution in [3.63, 3.8) is 0 Å². The molecule has 9 heteroatoms. The van der Waals surface area contributed by atoms with E-state index in [-0.39, 0.29) is 5.91 Å². The summed E-state index contributed by atoms with van der Waals surface area (Å²) in [7, 11) is 3.28. The molecule has 1 saturated heterocycles. The zero-order valence-corrected chi connectivity index (χ0v) is 24.5. The number of hydrogen-bond donors (Lipinski definition) is 3. The highest BCUT2D eigenvalue weighted by atomic mass is 16.5. The molecule has 3 N–H and O–H groups in total. The first-order valence-electron chi connectivity index (χ1n) is 14.3. The van der Waals surface area contributed by atoms with Crippen molar-refractivity contribution in [2.45, 2.75) is 6.42 Å². The minimum absolute atomic E-state index is 0.183. The van der Waals surface area contributed by atoms with Crippen LogP contribution in [0.2, 0.25) is 0 Å². The van der Waals surface area contributed by atoms with Gasteiger partial charge in [-0.15, -0.1) is 0 Å². The average molecular weight is 580 g/mol. The summed E-state index contributed by atoms with van der Waals surface area (Å²) in [6.45, 7) is 3.51. The second kappa shape index (κ2) is 14.1. The standard InChI is InChI=1S/C34H37N5O4/c1-42-28-15-12-26(13-16-28)36-34(41)37-27-14-17-30(29(24-27)33(40)35-19-18-25-8-4-3-5-9-25)38-20-22-39(23-21-38)31-10-6-7-11-32(31)43-2/h3-17,24H,18-23H2,1-2H3,(H,35,40)(H2,36,37,41). The summed E-state index contributed by atoms with van der Waals surface area (Å²) in [4.78, 5) is 30.8. The molecule has 1 aliphatic rings. The lowest BCUT2D eigenvalue weighted by Crippen LogP contribution is -2.47. The second-order valence-corrected chi connectivity index (χ2v) is 10.2. The zero-order chi connectivity index (χ0) is 30.0. The van der Waals surface area contributed by atoms with Gasteiger partial charge in [-0.1, -0.05) is 42.5 Å². The van der Waals surface area contributed by atoms with Crippen LogP contribution in [0.5, 0.6) is 11.5 Å². The number of para-hydroxylation sites is 2. The molecule has 9 nitrogen and oxygen atoms in total. The number of carbonyl (C=O) groups is 2. The van der Waals surface area contributed by atoms with Gasteiger partial charge in [-0.3, -0.25) is 4.79 Å². The van der Waals surface area contributed by atoms with Gasteiger partial charge in [0.05, 0.1) is 25.5 Å². The first-order valence-corrected chi connectivity index (χ1v) is 14.3. The van der Waals surface area contributed by atoms with Crippen molar-refractivity contribution in [3.05, 3.63) is 108 Å². The molecule has 5 rings (SSSR count). The molecule has 0 aliphatic carbocycles. The highest BCUT2D eigenvalue weighted by Gasteiger charge is 2.24. The molecular weight excluding hydrogens is 542 g/mol. The van der Waals surface area contributed by atoms with Gasteiger partial charge in [0, 0.05) is 49.8 Å². The van der Waals surface area contributed by atoms with Gasteiger partial charge in [0.1, 0.15) is 11.5 Å². The Morgan fingerprint density at radius 1 is 0.698 bits per heavy atom. The summed E-state index contributed by atoms with van der Waals surface area (Å²) in [6, 6.07) is 30.2. The lowest BCUT2D eigenvalue weighted by atomic mass is 10.1. The fourth-order valence-corrected chi connectivity index (χ4v) is 5.18. The lowest BCUT2D eigenvalue weighted by Gasteiger charge is -2.38. The maximum atomic E-state index is 13.6. The fourth-order valence-electron chi connectivity index (χ4n) is 5.18. The van der Waals surface area contributed by atoms with Crippen LogP contribution in [-0.4, -0.2) is 58.9 Å². The number of ether oxygens (including phenoxy) is 2. The maximum absolute atomic E-state index is 13.6. The monoisotopic (exact) mass is 579 g/mol. The van der Waals surface area contributed by atoms with Crippen molar-refractivity contribution in [1.82, 2.24) is 5.32 Å². The van der Waals surface area contributed by atoms with Crippen LogP contribution in [0.15, 0.2) is 97.1 Å². The summed E-state index contributed by atoms with van der Waals surface area (Å²) >= 11 is 0. The molecule has 222 valence electrons. The van der Waals surface area contributed by atoms with Crippen LogP contribution in [0.1, 0.15) is 15.9 Å². The van der Waals surface area contributed by atoms with Crippen molar-refractivity contribution in [1.29, 1.82) is 0 Å². The molecule has 1 fully saturated rings. The van der Waals surface area contributed by atoms with Crippen LogP contribution in [0, 0.1) is 0 Å². The predicted molar refractivity (Wildman–Crippen MR) is 172 cm³/mol. The van der Waals surface area contributed by atoms with Gasteiger partial charge in [0.25, 0.3) is 5.91 Å². The van der Waals surface area contributed by atoms with E-state index >= 15 is 0 Å². The topological polar surface area (TPSA) is 95.2 Å². The third kappa shape index (κ3) is 7.56. The molecule has 0 bridgehead atoms. The molecule has 0 aromatic heterocycles. The third-order valence-corrected chi connectivity index (χ3v) is 7.44. The predicted octanol–water partition coefficient (Wildman–Crippen LogP) is 5.65. The van der Waals surface area contributed by atoms with E-state index < -0.39 is 6.03 Å². The number of rotatable bonds is 10. The molecule has 1 aliphatic heterocycles. The second-order valence-electron chi connectivity index (χ2n) is 10.2. The van der Waals surface area contributed by atoms with E-state index in [2.05, 4.69) is 31.8 Å². The molecule has 4 aromatic carbocycles. The van der Waals surface area contributed by atoms with Crippen LogP contribution >= 0.6 is 0 Å². The van der Waals surface area contributed by atoms with Gasteiger partial charge in [0.2, 0.25) is 0 Å². The van der Waals surface area contributed by atoms with Crippen LogP contribution in [-0.2, 0) is 6.42 Å². The fraction of sp³-hybridized carbons (Fsp3) is 0.235. The van der Waals surface area contributed by atoms with Crippen molar-refractivity contribution in [2.24, 2.45) is 0 Å². The van der Waals surface area contributed by atoms with Crippen LogP contribution in [0.25, 0.3) is 0 Å². The Morgan fingerprint density at radius 3 is 2.02 bits per heavy atom. The van der Waals surface area contributed by atoms with E-state index in [0.29, 0.717) is 29.2 Å². The zero-order valence-electron chi connectivity index (χ0n) is 24.5. The van der Waals surface area contributed by atoms with Gasteiger partial charge >= 0.3 is 6.03 Å². The van der Waals surface area contributed by atoms with Gasteiger partial charge in [-0.2, -0.15) is 0 Å². The summed E-state index contributed by atoms with van der Waals surface area (Å²) in [5.74, 6) is 1.36. The van der Waals surface area contributed by atoms with Crippen LogP contribution < -0.4 is 35.2 Å². The van der Waals surface area contributed by atoms with E-state index in [0.717, 1.165) is 55.3 Å². The Hall–Kier alpha value is -5.18. The van der Waals surface area contributed by atoms with E-state index in [1.165, 1.54) is 0 Å². The van der Waals surface area contributed by atoms with Crippen molar-refractivity contribution < 1.29 is 19.1 Å². The third-order valence-electron chi connectivity index (χ3n) is 7.44. The van der Waals surface area contributed by atoms with Crippen molar-refractivity contribution in [2.75, 3.05) is 67.4 Å². The Bertz CT molecular complexity index is 1520. The first kappa shape index (κ1) is 29.3. The Balaban J connectivity index is 1.30. The van der Waals surface area contributed by atoms with Crippen LogP contribution in [0.3, 0.4) is 0 Å². The molecule has 0 unspecified atom stereocenters. The number of urea groups is 1. The Morgan fingerprint density at radius 2 is 1.33 bits per heavy atom. The highest BCUT2D eigenvalue weighted by Crippen LogP contribution is 2.31. The molecule has 4 aromatic rings. The number of hydrogen-bond acceptors (Lipinski definition) is 6. The number of benzene rings is 4. The molecule has 0 saturated carbocycles. The van der Waals surface area contributed by atoms with Crippen molar-refractivity contribution >= 4 is 34.7 Å². The molecule has 0 atom stereocenters. The minimum atomic E-state index is -0.404. The molecule has 43 heavy (non-hydrogen) atoms. The number of amides is 3. The Kier molecular flexibility index (Phi) is 9.63. The van der Waals surface area contributed by atoms with Crippen LogP contribution in [0.4, 0.5) is 27.5 Å². The normalized spacial score (nSPS) is 12.8. The molecule has 3 amide bonds. The number of carbonyl (C=O) groups excluding carboxylic acids is 2. The number of methoxy groups -OCH3 is 2. The minimum Gasteiger partial charge on any atom is -0.497 e. The summed E-state index contributed by atoms with van der Waals surface area (Å²) in [6.07, 6.45) is 0.724. The summed E-state index contributed by atoms with van der Waals surface area (Å²) in [5, 5.41) is 8.76. The summed E-state index contributed by atoms with van der Waals surface area (Å²) in [5.41, 5.74) is 4.71. The smallest absolute Gasteiger partial charge is 0.323 e. The largest absolute Gasteiger partial charge is 0.497 e. The number of piperazine rings is 1. The lowest BCUT2D eigenvalue weighted by molar-refractivity contribution is 0.0954. The number of nitrogens with zero attached hydrogens (tertiary/aromatic N) is 2. The van der Waals surface area contributed by atoms with Gasteiger partial charge in [-0.25, -0.2) is 4.79 Å².